The molecule has 1 N–H and O–H groups in total. The van der Waals surface area contributed by atoms with Crippen LogP contribution in [0.15, 0.2) is 11.6 Å². The van der Waals surface area contributed by atoms with Crippen molar-refractivity contribution < 1.29 is 29.0 Å². The quantitative estimate of drug-likeness (QED) is 0.637. The van der Waals surface area contributed by atoms with Crippen molar-refractivity contribution >= 4 is 23.5 Å². The summed E-state index contributed by atoms with van der Waals surface area (Å²) in [7, 11) is 0. The monoisotopic (exact) mass is 430 g/mol. The molecule has 0 radical (unpaired) electrons. The summed E-state index contributed by atoms with van der Waals surface area (Å²) in [6.07, 6.45) is 9.11. The molecule has 6 heteroatoms. The Hall–Kier alpha value is -1.98. The van der Waals surface area contributed by atoms with E-state index in [2.05, 4.69) is 13.8 Å². The number of carbonyl (C=O) groups is 4. The zero-order valence-electron chi connectivity index (χ0n) is 18.7. The number of rotatable bonds is 6. The Morgan fingerprint density at radius 3 is 2.55 bits per heavy atom. The van der Waals surface area contributed by atoms with Crippen molar-refractivity contribution in [2.75, 3.05) is 6.61 Å². The molecule has 6 nitrogen and oxygen atoms in total. The van der Waals surface area contributed by atoms with E-state index < -0.39 is 11.9 Å². The van der Waals surface area contributed by atoms with Gasteiger partial charge in [0.1, 0.15) is 6.61 Å². The van der Waals surface area contributed by atoms with Gasteiger partial charge in [-0.25, -0.2) is 0 Å². The molecule has 0 aromatic rings. The summed E-state index contributed by atoms with van der Waals surface area (Å²) in [5.74, 6) is 0.168. The highest BCUT2D eigenvalue weighted by Crippen LogP contribution is 2.66. The Morgan fingerprint density at radius 1 is 1.03 bits per heavy atom. The summed E-state index contributed by atoms with van der Waals surface area (Å²) < 4.78 is 5.10. The topological polar surface area (TPSA) is 97.7 Å². The molecule has 170 valence electrons. The molecular formula is C25H34O6. The summed E-state index contributed by atoms with van der Waals surface area (Å²) >= 11 is 0. The highest BCUT2D eigenvalue weighted by Gasteiger charge is 2.60. The normalized spacial score (nSPS) is 39.0. The lowest BCUT2D eigenvalue weighted by molar-refractivity contribution is -0.152. The lowest BCUT2D eigenvalue weighted by atomic mass is 9.46. The number of carboxylic acid groups (broad SMARTS) is 1. The van der Waals surface area contributed by atoms with Gasteiger partial charge in [0.05, 0.1) is 12.8 Å². The maximum Gasteiger partial charge on any atom is 0.306 e. The van der Waals surface area contributed by atoms with E-state index in [0.717, 1.165) is 44.9 Å². The van der Waals surface area contributed by atoms with E-state index in [0.29, 0.717) is 24.2 Å². The molecule has 0 aromatic heterocycles. The molecule has 0 aliphatic heterocycles. The van der Waals surface area contributed by atoms with Crippen LogP contribution in [0.5, 0.6) is 0 Å². The fourth-order valence-corrected chi connectivity index (χ4v) is 7.62. The number of ketones is 2. The Labute approximate surface area is 183 Å². The number of carboxylic acids is 1. The predicted octanol–water partition coefficient (Wildman–Crippen LogP) is 4.11. The number of Topliss-reactive ketones (excluding diaryl/α,β-unsaturated/α-hetero) is 1. The standard InChI is InChI=1S/C25H34O6/c1-24-11-9-16(26)13-15(24)3-4-17-18-5-6-20(25(18,2)12-10-19(17)24)21(27)14-31-23(30)8-7-22(28)29/h13,17-20H,3-12,14H2,1-2H3,(H,28,29)/t17?,18?,19?,20?,24-,25-/m0/s1. The van der Waals surface area contributed by atoms with E-state index in [1.807, 2.05) is 6.08 Å². The van der Waals surface area contributed by atoms with Crippen molar-refractivity contribution in [2.24, 2.45) is 34.5 Å². The Morgan fingerprint density at radius 2 is 1.81 bits per heavy atom. The third kappa shape index (κ3) is 3.87. The van der Waals surface area contributed by atoms with Gasteiger partial charge in [-0.05, 0) is 79.6 Å². The molecule has 4 aliphatic rings. The van der Waals surface area contributed by atoms with E-state index in [-0.39, 0.29) is 47.8 Å². The molecule has 0 amide bonds. The maximum atomic E-state index is 13.0. The van der Waals surface area contributed by atoms with Crippen LogP contribution in [0.25, 0.3) is 0 Å². The fraction of sp³-hybridized carbons (Fsp3) is 0.760. The van der Waals surface area contributed by atoms with Crippen LogP contribution >= 0.6 is 0 Å². The van der Waals surface area contributed by atoms with Crippen LogP contribution in [0.4, 0.5) is 0 Å². The van der Waals surface area contributed by atoms with Crippen molar-refractivity contribution in [1.82, 2.24) is 0 Å². The van der Waals surface area contributed by atoms with Crippen molar-refractivity contribution in [3.8, 4) is 0 Å². The highest BCUT2D eigenvalue weighted by atomic mass is 16.5. The largest absolute Gasteiger partial charge is 0.481 e. The van der Waals surface area contributed by atoms with Gasteiger partial charge in [-0.2, -0.15) is 0 Å². The lowest BCUT2D eigenvalue weighted by Gasteiger charge is -2.58. The molecule has 3 saturated carbocycles. The molecule has 0 spiro atoms. The zero-order chi connectivity index (χ0) is 22.4. The van der Waals surface area contributed by atoms with Gasteiger partial charge >= 0.3 is 11.9 Å². The number of carbonyl (C=O) groups excluding carboxylic acids is 3. The minimum absolute atomic E-state index is 0.0157. The van der Waals surface area contributed by atoms with Crippen molar-refractivity contribution in [2.45, 2.75) is 78.1 Å². The SMILES string of the molecule is C[C@]12CCC3C(CCC4=CC(=O)CC[C@@]43C)C1CCC2C(=O)COC(=O)CCC(=O)O. The molecule has 0 saturated heterocycles. The second-order valence-corrected chi connectivity index (χ2v) is 10.7. The summed E-state index contributed by atoms with van der Waals surface area (Å²) in [4.78, 5) is 47.3. The summed E-state index contributed by atoms with van der Waals surface area (Å²) in [5, 5.41) is 8.68. The molecule has 0 aromatic carbocycles. The van der Waals surface area contributed by atoms with Gasteiger partial charge in [-0.15, -0.1) is 0 Å². The van der Waals surface area contributed by atoms with Crippen LogP contribution in [0.1, 0.15) is 78.1 Å². The molecule has 3 fully saturated rings. The van der Waals surface area contributed by atoms with Crippen LogP contribution in [-0.4, -0.2) is 35.2 Å². The highest BCUT2D eigenvalue weighted by molar-refractivity contribution is 5.91. The van der Waals surface area contributed by atoms with Crippen molar-refractivity contribution in [3.63, 3.8) is 0 Å². The van der Waals surface area contributed by atoms with Gasteiger partial charge in [0.2, 0.25) is 0 Å². The first kappa shape index (κ1) is 22.2. The predicted molar refractivity (Wildman–Crippen MR) is 113 cm³/mol. The Kier molecular flexibility index (Phi) is 5.86. The van der Waals surface area contributed by atoms with E-state index >= 15 is 0 Å². The maximum absolute atomic E-state index is 13.0. The molecule has 6 atom stereocenters. The Bertz CT molecular complexity index is 828. The molecule has 0 heterocycles. The van der Waals surface area contributed by atoms with Gasteiger partial charge in [0, 0.05) is 12.3 Å². The van der Waals surface area contributed by atoms with E-state index in [1.54, 1.807) is 0 Å². The second kappa shape index (κ2) is 8.18. The number of hydrogen-bond donors (Lipinski definition) is 1. The zero-order valence-corrected chi connectivity index (χ0v) is 18.7. The lowest BCUT2D eigenvalue weighted by Crippen LogP contribution is -2.51. The van der Waals surface area contributed by atoms with Gasteiger partial charge in [0.25, 0.3) is 0 Å². The minimum Gasteiger partial charge on any atom is -0.481 e. The molecule has 0 bridgehead atoms. The average molecular weight is 431 g/mol. The third-order valence-corrected chi connectivity index (χ3v) is 9.27. The van der Waals surface area contributed by atoms with E-state index in [4.69, 9.17) is 9.84 Å². The van der Waals surface area contributed by atoms with Gasteiger partial charge in [-0.1, -0.05) is 19.4 Å². The molecule has 4 aliphatic carbocycles. The van der Waals surface area contributed by atoms with Gasteiger partial charge in [0.15, 0.2) is 11.6 Å². The number of ether oxygens (including phenoxy) is 1. The molecule has 4 rings (SSSR count). The number of esters is 1. The second-order valence-electron chi connectivity index (χ2n) is 10.7. The first-order valence-electron chi connectivity index (χ1n) is 11.8. The van der Waals surface area contributed by atoms with Gasteiger partial charge in [-0.3, -0.25) is 19.2 Å². The molecule has 31 heavy (non-hydrogen) atoms. The smallest absolute Gasteiger partial charge is 0.306 e. The number of hydrogen-bond acceptors (Lipinski definition) is 5. The Balaban J connectivity index is 1.43. The number of fused-ring (bicyclic) bond motifs is 5. The van der Waals surface area contributed by atoms with E-state index in [9.17, 15) is 19.2 Å². The van der Waals surface area contributed by atoms with Crippen molar-refractivity contribution in [1.29, 1.82) is 0 Å². The summed E-state index contributed by atoms with van der Waals surface area (Å²) in [5.41, 5.74) is 1.42. The summed E-state index contributed by atoms with van der Waals surface area (Å²) in [6, 6.07) is 0. The minimum atomic E-state index is -1.05. The van der Waals surface area contributed by atoms with Crippen molar-refractivity contribution in [3.05, 3.63) is 11.6 Å². The first-order valence-corrected chi connectivity index (χ1v) is 11.8. The molecule has 4 unspecified atom stereocenters. The molecular weight excluding hydrogens is 396 g/mol. The van der Waals surface area contributed by atoms with Crippen LogP contribution in [0.3, 0.4) is 0 Å². The number of allylic oxidation sites excluding steroid dienone is 1. The van der Waals surface area contributed by atoms with E-state index in [1.165, 1.54) is 5.57 Å². The third-order valence-electron chi connectivity index (χ3n) is 9.27. The van der Waals surface area contributed by atoms with Crippen LogP contribution < -0.4 is 0 Å². The number of aliphatic carboxylic acids is 1. The summed E-state index contributed by atoms with van der Waals surface area (Å²) in [6.45, 7) is 4.37. The first-order chi connectivity index (χ1) is 14.6. The van der Waals surface area contributed by atoms with Crippen LogP contribution in [-0.2, 0) is 23.9 Å². The average Bonchev–Trinajstić information content (AvgIpc) is 3.08. The van der Waals surface area contributed by atoms with Crippen LogP contribution in [0, 0.1) is 34.5 Å². The fourth-order valence-electron chi connectivity index (χ4n) is 7.62. The van der Waals surface area contributed by atoms with Crippen LogP contribution in [0.2, 0.25) is 0 Å². The van der Waals surface area contributed by atoms with Gasteiger partial charge < -0.3 is 9.84 Å².